The molecule has 16 heavy (non-hydrogen) atoms. The van der Waals surface area contributed by atoms with E-state index in [2.05, 4.69) is 10.2 Å². The lowest BCUT2D eigenvalue weighted by Crippen LogP contribution is -2.24. The summed E-state index contributed by atoms with van der Waals surface area (Å²) in [5.74, 6) is -1.78. The molecule has 1 N–H and O–H groups in total. The number of para-hydroxylation sites is 1. The Labute approximate surface area is 88.3 Å². The summed E-state index contributed by atoms with van der Waals surface area (Å²) in [6, 6.07) is 6.68. The molecule has 0 bridgehead atoms. The molecule has 3 nitrogen and oxygen atoms in total. The molecule has 2 rings (SSSR count). The fourth-order valence-corrected chi connectivity index (χ4v) is 1.41. The van der Waals surface area contributed by atoms with E-state index in [4.69, 9.17) is 0 Å². The van der Waals surface area contributed by atoms with Crippen LogP contribution in [-0.2, 0) is 11.2 Å². The first-order valence-electron chi connectivity index (χ1n) is 4.50. The summed E-state index contributed by atoms with van der Waals surface area (Å²) < 4.78 is 36.2. The fourth-order valence-electron chi connectivity index (χ4n) is 1.41. The van der Waals surface area contributed by atoms with Gasteiger partial charge in [-0.05, 0) is 6.07 Å². The quantitative estimate of drug-likeness (QED) is 0.856. The molecular formula is C10H7F3N2O. The summed E-state index contributed by atoms with van der Waals surface area (Å²) in [6.45, 7) is 0. The van der Waals surface area contributed by atoms with Gasteiger partial charge in [-0.1, -0.05) is 18.2 Å². The Morgan fingerprint density at radius 2 is 2.00 bits per heavy atom. The molecule has 0 spiro atoms. The molecule has 0 aliphatic heterocycles. The van der Waals surface area contributed by atoms with Gasteiger partial charge in [0.05, 0.1) is 17.6 Å². The van der Waals surface area contributed by atoms with Crippen molar-refractivity contribution in [2.75, 3.05) is 0 Å². The molecule has 0 atom stereocenters. The molecule has 0 saturated heterocycles. The molecular weight excluding hydrogens is 221 g/mol. The highest BCUT2D eigenvalue weighted by atomic mass is 19.4. The monoisotopic (exact) mass is 228 g/mol. The van der Waals surface area contributed by atoms with Crippen LogP contribution in [0.5, 0.6) is 0 Å². The number of hydrogen-bond acceptors (Lipinski definition) is 2. The number of carbonyl (C=O) groups is 1. The number of aromatic nitrogens is 2. The van der Waals surface area contributed by atoms with Gasteiger partial charge < -0.3 is 0 Å². The normalized spacial score (nSPS) is 11.9. The van der Waals surface area contributed by atoms with Gasteiger partial charge in [0.15, 0.2) is 0 Å². The van der Waals surface area contributed by atoms with E-state index >= 15 is 0 Å². The van der Waals surface area contributed by atoms with Gasteiger partial charge in [-0.2, -0.15) is 18.3 Å². The third-order valence-electron chi connectivity index (χ3n) is 2.19. The molecule has 6 heteroatoms. The maximum absolute atomic E-state index is 12.1. The molecule has 2 aromatic rings. The number of Topliss-reactive ketones (excluding diaryl/α,β-unsaturated/α-hetero) is 1. The SMILES string of the molecule is O=C(Cc1[nH]nc2ccccc12)C(F)(F)F. The van der Waals surface area contributed by atoms with Crippen molar-refractivity contribution < 1.29 is 18.0 Å². The first-order chi connectivity index (χ1) is 7.48. The number of halogens is 3. The zero-order valence-electron chi connectivity index (χ0n) is 8.01. The summed E-state index contributed by atoms with van der Waals surface area (Å²) in [4.78, 5) is 10.8. The lowest BCUT2D eigenvalue weighted by atomic mass is 10.1. The van der Waals surface area contributed by atoms with Crippen molar-refractivity contribution in [2.45, 2.75) is 12.6 Å². The van der Waals surface area contributed by atoms with Crippen LogP contribution in [0, 0.1) is 0 Å². The smallest absolute Gasteiger partial charge is 0.289 e. The van der Waals surface area contributed by atoms with E-state index in [-0.39, 0.29) is 5.69 Å². The van der Waals surface area contributed by atoms with E-state index in [1.807, 2.05) is 0 Å². The van der Waals surface area contributed by atoms with Gasteiger partial charge in [-0.25, -0.2) is 0 Å². The standard InChI is InChI=1S/C10H7F3N2O/c11-10(12,13)9(16)5-8-6-3-1-2-4-7(6)14-15-8/h1-4H,5H2,(H,14,15). The molecule has 0 fully saturated rings. The molecule has 84 valence electrons. The largest absolute Gasteiger partial charge is 0.450 e. The van der Waals surface area contributed by atoms with E-state index in [1.54, 1.807) is 24.3 Å². The summed E-state index contributed by atoms with van der Waals surface area (Å²) in [5, 5.41) is 6.80. The predicted octanol–water partition coefficient (Wildman–Crippen LogP) is 2.24. The maximum Gasteiger partial charge on any atom is 0.450 e. The molecule has 1 heterocycles. The zero-order valence-corrected chi connectivity index (χ0v) is 8.01. The number of aromatic amines is 1. The third-order valence-corrected chi connectivity index (χ3v) is 2.19. The number of carbonyl (C=O) groups excluding carboxylic acids is 1. The van der Waals surface area contributed by atoms with Gasteiger partial charge in [0.25, 0.3) is 0 Å². The van der Waals surface area contributed by atoms with Crippen LogP contribution in [0.3, 0.4) is 0 Å². The van der Waals surface area contributed by atoms with Crippen LogP contribution in [0.1, 0.15) is 5.69 Å². The lowest BCUT2D eigenvalue weighted by molar-refractivity contribution is -0.170. The second-order valence-electron chi connectivity index (χ2n) is 3.32. The molecule has 0 aliphatic rings. The Balaban J connectivity index is 2.32. The van der Waals surface area contributed by atoms with Gasteiger partial charge in [-0.15, -0.1) is 0 Å². The van der Waals surface area contributed by atoms with Crippen molar-refractivity contribution in [3.63, 3.8) is 0 Å². The highest BCUT2D eigenvalue weighted by Gasteiger charge is 2.38. The third kappa shape index (κ3) is 1.91. The topological polar surface area (TPSA) is 45.8 Å². The Hall–Kier alpha value is -1.85. The maximum atomic E-state index is 12.1. The molecule has 0 amide bonds. The van der Waals surface area contributed by atoms with Crippen LogP contribution in [0.2, 0.25) is 0 Å². The zero-order chi connectivity index (χ0) is 11.8. The van der Waals surface area contributed by atoms with Gasteiger partial charge in [0, 0.05) is 5.39 Å². The number of alkyl halides is 3. The van der Waals surface area contributed by atoms with Crippen LogP contribution < -0.4 is 0 Å². The van der Waals surface area contributed by atoms with E-state index < -0.39 is 18.4 Å². The van der Waals surface area contributed by atoms with Crippen molar-refractivity contribution in [1.29, 1.82) is 0 Å². The van der Waals surface area contributed by atoms with Crippen molar-refractivity contribution in [3.8, 4) is 0 Å². The van der Waals surface area contributed by atoms with Crippen molar-refractivity contribution >= 4 is 16.7 Å². The van der Waals surface area contributed by atoms with Crippen molar-refractivity contribution in [2.24, 2.45) is 0 Å². The molecule has 1 aromatic heterocycles. The van der Waals surface area contributed by atoms with Gasteiger partial charge in [0.1, 0.15) is 0 Å². The molecule has 0 saturated carbocycles. The Morgan fingerprint density at radius 1 is 1.31 bits per heavy atom. The lowest BCUT2D eigenvalue weighted by Gasteiger charge is -2.03. The van der Waals surface area contributed by atoms with Crippen molar-refractivity contribution in [3.05, 3.63) is 30.0 Å². The molecule has 1 aromatic carbocycles. The summed E-state index contributed by atoms with van der Waals surface area (Å²) in [6.07, 6.45) is -5.50. The second-order valence-corrected chi connectivity index (χ2v) is 3.32. The Morgan fingerprint density at radius 3 is 2.69 bits per heavy atom. The number of nitrogens with one attached hydrogen (secondary N) is 1. The Bertz CT molecular complexity index is 530. The minimum Gasteiger partial charge on any atom is -0.289 e. The number of nitrogens with zero attached hydrogens (tertiary/aromatic N) is 1. The predicted molar refractivity (Wildman–Crippen MR) is 50.9 cm³/mol. The molecule has 0 radical (unpaired) electrons. The number of rotatable bonds is 2. The minimum atomic E-state index is -4.80. The highest BCUT2D eigenvalue weighted by Crippen LogP contribution is 2.21. The fraction of sp³-hybridized carbons (Fsp3) is 0.200. The van der Waals surface area contributed by atoms with E-state index in [0.29, 0.717) is 10.9 Å². The first kappa shape index (κ1) is 10.7. The number of benzene rings is 1. The Kier molecular flexibility index (Phi) is 2.41. The average Bonchev–Trinajstić information content (AvgIpc) is 2.61. The van der Waals surface area contributed by atoms with Crippen LogP contribution in [0.4, 0.5) is 13.2 Å². The summed E-state index contributed by atoms with van der Waals surface area (Å²) >= 11 is 0. The van der Waals surface area contributed by atoms with Crippen LogP contribution in [0.25, 0.3) is 10.9 Å². The average molecular weight is 228 g/mol. The highest BCUT2D eigenvalue weighted by molar-refractivity contribution is 5.90. The number of ketones is 1. The number of fused-ring (bicyclic) bond motifs is 1. The molecule has 0 aliphatic carbocycles. The summed E-state index contributed by atoms with van der Waals surface area (Å²) in [5.41, 5.74) is 0.741. The summed E-state index contributed by atoms with van der Waals surface area (Å²) in [7, 11) is 0. The van der Waals surface area contributed by atoms with E-state index in [9.17, 15) is 18.0 Å². The van der Waals surface area contributed by atoms with Crippen LogP contribution >= 0.6 is 0 Å². The van der Waals surface area contributed by atoms with Gasteiger partial charge >= 0.3 is 6.18 Å². The number of hydrogen-bond donors (Lipinski definition) is 1. The minimum absolute atomic E-state index is 0.193. The molecule has 0 unspecified atom stereocenters. The van der Waals surface area contributed by atoms with Crippen molar-refractivity contribution in [1.82, 2.24) is 10.2 Å². The van der Waals surface area contributed by atoms with E-state index in [0.717, 1.165) is 0 Å². The van der Waals surface area contributed by atoms with Crippen LogP contribution in [-0.4, -0.2) is 22.2 Å². The van der Waals surface area contributed by atoms with Crippen LogP contribution in [0.15, 0.2) is 24.3 Å². The second kappa shape index (κ2) is 3.62. The van der Waals surface area contributed by atoms with E-state index in [1.165, 1.54) is 0 Å². The number of H-pyrrole nitrogens is 1. The first-order valence-corrected chi connectivity index (χ1v) is 4.50. The van der Waals surface area contributed by atoms with Gasteiger partial charge in [0.2, 0.25) is 5.78 Å². The van der Waals surface area contributed by atoms with Gasteiger partial charge in [-0.3, -0.25) is 9.89 Å².